The molecule has 14 heavy (non-hydrogen) atoms. The van der Waals surface area contributed by atoms with Crippen LogP contribution in [-0.4, -0.2) is 49.8 Å². The molecule has 0 spiro atoms. The predicted molar refractivity (Wildman–Crippen MR) is 59.6 cm³/mol. The Hall–Kier alpha value is -0.120. The van der Waals surface area contributed by atoms with Gasteiger partial charge in [-0.3, -0.25) is 4.90 Å². The van der Waals surface area contributed by atoms with Crippen molar-refractivity contribution < 1.29 is 4.74 Å². The Kier molecular flexibility index (Phi) is 4.85. The molecule has 84 valence electrons. The van der Waals surface area contributed by atoms with Crippen molar-refractivity contribution in [2.75, 3.05) is 26.8 Å². The second-order valence-electron chi connectivity index (χ2n) is 4.25. The van der Waals surface area contributed by atoms with Crippen molar-refractivity contribution in [2.24, 2.45) is 0 Å². The SMILES string of the molecule is CCN(C(C)C)C1COCCC1NC. The number of hydrogen-bond donors (Lipinski definition) is 1. The lowest BCUT2D eigenvalue weighted by molar-refractivity contribution is -0.0108. The van der Waals surface area contributed by atoms with Crippen molar-refractivity contribution in [1.29, 1.82) is 0 Å². The topological polar surface area (TPSA) is 24.5 Å². The monoisotopic (exact) mass is 200 g/mol. The molecule has 0 radical (unpaired) electrons. The van der Waals surface area contributed by atoms with Crippen LogP contribution < -0.4 is 5.32 Å². The molecule has 1 saturated heterocycles. The van der Waals surface area contributed by atoms with Gasteiger partial charge in [0.1, 0.15) is 0 Å². The Labute approximate surface area is 87.8 Å². The molecule has 2 unspecified atom stereocenters. The fourth-order valence-corrected chi connectivity index (χ4v) is 2.37. The highest BCUT2D eigenvalue weighted by Gasteiger charge is 2.30. The van der Waals surface area contributed by atoms with Crippen molar-refractivity contribution in [3.05, 3.63) is 0 Å². The lowest BCUT2D eigenvalue weighted by Crippen LogP contribution is -2.56. The predicted octanol–water partition coefficient (Wildman–Crippen LogP) is 1.09. The van der Waals surface area contributed by atoms with Crippen LogP contribution in [0, 0.1) is 0 Å². The maximum atomic E-state index is 5.57. The summed E-state index contributed by atoms with van der Waals surface area (Å²) in [5.74, 6) is 0. The van der Waals surface area contributed by atoms with E-state index in [2.05, 4.69) is 38.0 Å². The van der Waals surface area contributed by atoms with E-state index in [1.807, 2.05) is 0 Å². The lowest BCUT2D eigenvalue weighted by Gasteiger charge is -2.41. The van der Waals surface area contributed by atoms with Gasteiger partial charge in [0.25, 0.3) is 0 Å². The van der Waals surface area contributed by atoms with E-state index in [0.29, 0.717) is 18.1 Å². The number of nitrogens with zero attached hydrogens (tertiary/aromatic N) is 1. The van der Waals surface area contributed by atoms with Crippen LogP contribution in [0.25, 0.3) is 0 Å². The van der Waals surface area contributed by atoms with E-state index in [9.17, 15) is 0 Å². The summed E-state index contributed by atoms with van der Waals surface area (Å²) >= 11 is 0. The van der Waals surface area contributed by atoms with Crippen molar-refractivity contribution in [1.82, 2.24) is 10.2 Å². The van der Waals surface area contributed by atoms with E-state index < -0.39 is 0 Å². The first-order chi connectivity index (χ1) is 6.70. The molecule has 1 fully saturated rings. The molecule has 1 rings (SSSR count). The first kappa shape index (κ1) is 12.0. The Balaban J connectivity index is 2.60. The maximum absolute atomic E-state index is 5.57. The third-order valence-electron chi connectivity index (χ3n) is 3.15. The molecule has 3 heteroatoms. The molecular weight excluding hydrogens is 176 g/mol. The zero-order chi connectivity index (χ0) is 10.6. The summed E-state index contributed by atoms with van der Waals surface area (Å²) in [6.45, 7) is 9.61. The molecule has 0 aliphatic carbocycles. The molecule has 0 bridgehead atoms. The Morgan fingerprint density at radius 1 is 1.50 bits per heavy atom. The summed E-state index contributed by atoms with van der Waals surface area (Å²) in [5, 5.41) is 3.40. The summed E-state index contributed by atoms with van der Waals surface area (Å²) in [6.07, 6.45) is 1.13. The van der Waals surface area contributed by atoms with Gasteiger partial charge in [0, 0.05) is 24.7 Å². The average Bonchev–Trinajstić information content (AvgIpc) is 2.19. The summed E-state index contributed by atoms with van der Waals surface area (Å²) in [7, 11) is 2.05. The summed E-state index contributed by atoms with van der Waals surface area (Å²) in [5.41, 5.74) is 0. The molecule has 0 saturated carbocycles. The van der Waals surface area contributed by atoms with E-state index in [1.165, 1.54) is 0 Å². The van der Waals surface area contributed by atoms with Gasteiger partial charge in [-0.2, -0.15) is 0 Å². The van der Waals surface area contributed by atoms with Crippen LogP contribution in [0.15, 0.2) is 0 Å². The Morgan fingerprint density at radius 3 is 2.71 bits per heavy atom. The van der Waals surface area contributed by atoms with Gasteiger partial charge in [0.15, 0.2) is 0 Å². The number of nitrogens with one attached hydrogen (secondary N) is 1. The van der Waals surface area contributed by atoms with Crippen molar-refractivity contribution in [3.63, 3.8) is 0 Å². The van der Waals surface area contributed by atoms with E-state index in [1.54, 1.807) is 0 Å². The minimum absolute atomic E-state index is 0.541. The van der Waals surface area contributed by atoms with Crippen molar-refractivity contribution in [2.45, 2.75) is 45.3 Å². The van der Waals surface area contributed by atoms with Gasteiger partial charge in [-0.15, -0.1) is 0 Å². The van der Waals surface area contributed by atoms with Crippen LogP contribution in [0.1, 0.15) is 27.2 Å². The Bertz CT molecular complexity index is 161. The van der Waals surface area contributed by atoms with Gasteiger partial charge in [-0.25, -0.2) is 0 Å². The molecule has 0 aromatic heterocycles. The van der Waals surface area contributed by atoms with Gasteiger partial charge < -0.3 is 10.1 Å². The molecule has 1 aliphatic heterocycles. The average molecular weight is 200 g/mol. The van der Waals surface area contributed by atoms with Crippen LogP contribution in [0.2, 0.25) is 0 Å². The van der Waals surface area contributed by atoms with Gasteiger partial charge in [0.05, 0.1) is 6.61 Å². The van der Waals surface area contributed by atoms with Crippen molar-refractivity contribution >= 4 is 0 Å². The normalized spacial score (nSPS) is 28.7. The first-order valence-corrected chi connectivity index (χ1v) is 5.71. The summed E-state index contributed by atoms with van der Waals surface area (Å²) < 4.78 is 5.57. The van der Waals surface area contributed by atoms with Crippen LogP contribution in [-0.2, 0) is 4.74 Å². The van der Waals surface area contributed by atoms with Gasteiger partial charge in [-0.05, 0) is 33.9 Å². The largest absolute Gasteiger partial charge is 0.380 e. The van der Waals surface area contributed by atoms with E-state index >= 15 is 0 Å². The van der Waals surface area contributed by atoms with E-state index in [4.69, 9.17) is 4.74 Å². The van der Waals surface area contributed by atoms with Crippen LogP contribution >= 0.6 is 0 Å². The van der Waals surface area contributed by atoms with Gasteiger partial charge >= 0.3 is 0 Å². The second kappa shape index (κ2) is 5.69. The third-order valence-corrected chi connectivity index (χ3v) is 3.15. The zero-order valence-electron chi connectivity index (χ0n) is 9.92. The van der Waals surface area contributed by atoms with E-state index in [0.717, 1.165) is 26.2 Å². The third kappa shape index (κ3) is 2.69. The molecule has 0 aromatic carbocycles. The number of hydrogen-bond acceptors (Lipinski definition) is 3. The van der Waals surface area contributed by atoms with E-state index in [-0.39, 0.29) is 0 Å². The zero-order valence-corrected chi connectivity index (χ0v) is 9.92. The Morgan fingerprint density at radius 2 is 2.21 bits per heavy atom. The van der Waals surface area contributed by atoms with Crippen LogP contribution in [0.5, 0.6) is 0 Å². The molecule has 1 aliphatic rings. The molecule has 0 amide bonds. The number of likely N-dealkylation sites (N-methyl/N-ethyl adjacent to an activating group) is 2. The van der Waals surface area contributed by atoms with Crippen LogP contribution in [0.3, 0.4) is 0 Å². The first-order valence-electron chi connectivity index (χ1n) is 5.71. The van der Waals surface area contributed by atoms with Gasteiger partial charge in [-0.1, -0.05) is 6.92 Å². The summed E-state index contributed by atoms with van der Waals surface area (Å²) in [4.78, 5) is 2.51. The molecule has 0 aromatic rings. The second-order valence-corrected chi connectivity index (χ2v) is 4.25. The molecule has 2 atom stereocenters. The van der Waals surface area contributed by atoms with Gasteiger partial charge in [0.2, 0.25) is 0 Å². The maximum Gasteiger partial charge on any atom is 0.0637 e. The highest BCUT2D eigenvalue weighted by Crippen LogP contribution is 2.16. The molecule has 3 nitrogen and oxygen atoms in total. The summed E-state index contributed by atoms with van der Waals surface area (Å²) in [6, 6.07) is 1.73. The standard InChI is InChI=1S/C11H24N2O/c1-5-13(9(2)3)11-8-14-7-6-10(11)12-4/h9-12H,5-8H2,1-4H3. The highest BCUT2D eigenvalue weighted by atomic mass is 16.5. The van der Waals surface area contributed by atoms with Crippen LogP contribution in [0.4, 0.5) is 0 Å². The molecule has 1 N–H and O–H groups in total. The number of rotatable bonds is 4. The minimum atomic E-state index is 0.541. The highest BCUT2D eigenvalue weighted by molar-refractivity contribution is 4.87. The quantitative estimate of drug-likeness (QED) is 0.735. The molecular formula is C11H24N2O. The fourth-order valence-electron chi connectivity index (χ4n) is 2.37. The molecule has 1 heterocycles. The smallest absolute Gasteiger partial charge is 0.0637 e. The fraction of sp³-hybridized carbons (Fsp3) is 1.00. The lowest BCUT2D eigenvalue weighted by atomic mass is 10.0. The minimum Gasteiger partial charge on any atom is -0.380 e. The number of ether oxygens (including phenoxy) is 1. The van der Waals surface area contributed by atoms with Crippen molar-refractivity contribution in [3.8, 4) is 0 Å².